The number of carbonyl (C=O) groups is 2. The van der Waals surface area contributed by atoms with Gasteiger partial charge in [0.15, 0.2) is 5.76 Å². The van der Waals surface area contributed by atoms with Gasteiger partial charge in [-0.1, -0.05) is 42.0 Å². The van der Waals surface area contributed by atoms with Gasteiger partial charge >= 0.3 is 0 Å². The normalized spacial score (nSPS) is 10.7. The summed E-state index contributed by atoms with van der Waals surface area (Å²) in [4.78, 5) is 26.0. The Kier molecular flexibility index (Phi) is 4.87. The first-order valence-electron chi connectivity index (χ1n) is 9.15. The number of ether oxygens (including phenoxy) is 1. The van der Waals surface area contributed by atoms with E-state index < -0.39 is 0 Å². The minimum Gasteiger partial charge on any atom is -0.497 e. The number of amides is 1. The van der Waals surface area contributed by atoms with Gasteiger partial charge in [-0.15, -0.1) is 0 Å². The Morgan fingerprint density at radius 2 is 1.66 bits per heavy atom. The summed E-state index contributed by atoms with van der Waals surface area (Å²) in [7, 11) is 1.54. The van der Waals surface area contributed by atoms with Crippen molar-refractivity contribution in [2.24, 2.45) is 0 Å². The lowest BCUT2D eigenvalue weighted by Crippen LogP contribution is -2.14. The van der Waals surface area contributed by atoms with E-state index in [-0.39, 0.29) is 17.5 Å². The zero-order chi connectivity index (χ0) is 20.4. The van der Waals surface area contributed by atoms with Crippen LogP contribution in [0.1, 0.15) is 32.0 Å². The molecule has 1 amide bonds. The number of methoxy groups -OCH3 is 1. The Labute approximate surface area is 167 Å². The molecule has 1 heterocycles. The number of rotatable bonds is 5. The van der Waals surface area contributed by atoms with E-state index in [4.69, 9.17) is 9.15 Å². The molecule has 0 aliphatic carbocycles. The molecule has 0 fully saturated rings. The lowest BCUT2D eigenvalue weighted by molar-refractivity contribution is 0.101. The maximum absolute atomic E-state index is 13.2. The van der Waals surface area contributed by atoms with Crippen LogP contribution in [0.3, 0.4) is 0 Å². The molecule has 0 radical (unpaired) electrons. The third-order valence-electron chi connectivity index (χ3n) is 4.69. The monoisotopic (exact) mass is 385 g/mol. The topological polar surface area (TPSA) is 68.5 Å². The number of carbonyl (C=O) groups excluding carboxylic acids is 2. The molecule has 0 unspecified atom stereocenters. The zero-order valence-electron chi connectivity index (χ0n) is 16.1. The molecule has 5 heteroatoms. The molecule has 4 rings (SSSR count). The number of benzene rings is 3. The molecule has 144 valence electrons. The van der Waals surface area contributed by atoms with Gasteiger partial charge < -0.3 is 14.5 Å². The summed E-state index contributed by atoms with van der Waals surface area (Å²) in [5.41, 5.74) is 2.86. The first-order chi connectivity index (χ1) is 14.1. The summed E-state index contributed by atoms with van der Waals surface area (Å²) < 4.78 is 11.0. The van der Waals surface area contributed by atoms with Crippen molar-refractivity contribution < 1.29 is 18.7 Å². The van der Waals surface area contributed by atoms with Crippen LogP contribution in [0.2, 0.25) is 0 Å². The van der Waals surface area contributed by atoms with Gasteiger partial charge in [-0.2, -0.15) is 0 Å². The maximum Gasteiger partial charge on any atom is 0.255 e. The Balaban J connectivity index is 1.77. The van der Waals surface area contributed by atoms with Crippen LogP contribution < -0.4 is 10.1 Å². The molecule has 0 bridgehead atoms. The minimum absolute atomic E-state index is 0.0833. The molecular formula is C24H19NO4. The highest BCUT2D eigenvalue weighted by atomic mass is 16.5. The minimum atomic E-state index is -0.334. The van der Waals surface area contributed by atoms with Crippen molar-refractivity contribution in [1.29, 1.82) is 0 Å². The third-order valence-corrected chi connectivity index (χ3v) is 4.69. The number of furan rings is 1. The van der Waals surface area contributed by atoms with Crippen LogP contribution in [0.5, 0.6) is 5.75 Å². The largest absolute Gasteiger partial charge is 0.497 e. The fourth-order valence-electron chi connectivity index (χ4n) is 3.12. The van der Waals surface area contributed by atoms with Crippen molar-refractivity contribution in [2.75, 3.05) is 12.4 Å². The lowest BCUT2D eigenvalue weighted by atomic mass is 10.1. The van der Waals surface area contributed by atoms with Gasteiger partial charge in [0, 0.05) is 16.5 Å². The fourth-order valence-corrected chi connectivity index (χ4v) is 3.12. The van der Waals surface area contributed by atoms with E-state index >= 15 is 0 Å². The lowest BCUT2D eigenvalue weighted by Gasteiger charge is -2.07. The molecular weight excluding hydrogens is 366 g/mol. The van der Waals surface area contributed by atoms with E-state index in [1.165, 1.54) is 7.11 Å². The van der Waals surface area contributed by atoms with Crippen LogP contribution >= 0.6 is 0 Å². The number of nitrogens with one attached hydrogen (secondary N) is 1. The molecule has 0 saturated heterocycles. The molecule has 1 N–H and O–H groups in total. The van der Waals surface area contributed by atoms with Crippen molar-refractivity contribution in [3.05, 3.63) is 95.2 Å². The van der Waals surface area contributed by atoms with Crippen molar-refractivity contribution >= 4 is 28.3 Å². The fraction of sp³-hybridized carbons (Fsp3) is 0.0833. The molecule has 4 aromatic rings. The molecule has 1 aromatic heterocycles. The predicted molar refractivity (Wildman–Crippen MR) is 112 cm³/mol. The number of aryl methyl sites for hydroxylation is 1. The van der Waals surface area contributed by atoms with Crippen LogP contribution in [0.15, 0.2) is 77.2 Å². The molecule has 29 heavy (non-hydrogen) atoms. The standard InChI is InChI=1S/C24H19NO4/c1-15-10-12-16(13-11-15)24(27)25-21-19-8-3-4-9-20(19)29-23(21)22(26)17-6-5-7-18(14-17)28-2/h3-14H,1-2H3,(H,25,27). The second kappa shape index (κ2) is 7.64. The first kappa shape index (κ1) is 18.5. The van der Waals surface area contributed by atoms with Crippen LogP contribution in [0.25, 0.3) is 11.0 Å². The van der Waals surface area contributed by atoms with Crippen LogP contribution in [-0.2, 0) is 0 Å². The van der Waals surface area contributed by atoms with Gasteiger partial charge in [-0.25, -0.2) is 0 Å². The van der Waals surface area contributed by atoms with E-state index in [1.54, 1.807) is 42.5 Å². The Morgan fingerprint density at radius 1 is 0.897 bits per heavy atom. The quantitative estimate of drug-likeness (QED) is 0.478. The molecule has 0 aliphatic heterocycles. The molecule has 5 nitrogen and oxygen atoms in total. The van der Waals surface area contributed by atoms with E-state index in [1.807, 2.05) is 37.3 Å². The Bertz CT molecular complexity index is 1210. The predicted octanol–water partition coefficient (Wildman–Crippen LogP) is 5.23. The van der Waals surface area contributed by atoms with Gasteiger partial charge in [0.05, 0.1) is 12.8 Å². The molecule has 3 aromatic carbocycles. The van der Waals surface area contributed by atoms with Gasteiger partial charge in [0.2, 0.25) is 5.78 Å². The number of anilines is 1. The summed E-state index contributed by atoms with van der Waals surface area (Å²) in [5.74, 6) is 0.00710. The SMILES string of the molecule is COc1cccc(C(=O)c2oc3ccccc3c2NC(=O)c2ccc(C)cc2)c1. The van der Waals surface area contributed by atoms with Crippen LogP contribution in [0, 0.1) is 6.92 Å². The third kappa shape index (κ3) is 3.62. The average Bonchev–Trinajstić information content (AvgIpc) is 3.12. The van der Waals surface area contributed by atoms with E-state index in [0.717, 1.165) is 5.56 Å². The smallest absolute Gasteiger partial charge is 0.255 e. The van der Waals surface area contributed by atoms with Crippen LogP contribution in [-0.4, -0.2) is 18.8 Å². The second-order valence-corrected chi connectivity index (χ2v) is 6.68. The molecule has 0 saturated carbocycles. The second-order valence-electron chi connectivity index (χ2n) is 6.68. The summed E-state index contributed by atoms with van der Waals surface area (Å²) in [6, 6.07) is 21.3. The summed E-state index contributed by atoms with van der Waals surface area (Å²) >= 11 is 0. The van der Waals surface area contributed by atoms with Gasteiger partial charge in [0.25, 0.3) is 5.91 Å². The number of hydrogen-bond donors (Lipinski definition) is 1. The summed E-state index contributed by atoms with van der Waals surface area (Å²) in [5, 5.41) is 3.53. The molecule has 0 aliphatic rings. The first-order valence-corrected chi connectivity index (χ1v) is 9.15. The van der Waals surface area contributed by atoms with E-state index in [9.17, 15) is 9.59 Å². The van der Waals surface area contributed by atoms with E-state index in [0.29, 0.717) is 33.5 Å². The molecule has 0 atom stereocenters. The summed E-state index contributed by atoms with van der Waals surface area (Å²) in [6.07, 6.45) is 0. The van der Waals surface area contributed by atoms with Crippen molar-refractivity contribution in [3.63, 3.8) is 0 Å². The van der Waals surface area contributed by atoms with Crippen molar-refractivity contribution in [3.8, 4) is 5.75 Å². The highest BCUT2D eigenvalue weighted by Crippen LogP contribution is 2.33. The number of hydrogen-bond acceptors (Lipinski definition) is 4. The van der Waals surface area contributed by atoms with Gasteiger partial charge in [0.1, 0.15) is 11.3 Å². The summed E-state index contributed by atoms with van der Waals surface area (Å²) in [6.45, 7) is 1.95. The Morgan fingerprint density at radius 3 is 2.41 bits per heavy atom. The number of ketones is 1. The highest BCUT2D eigenvalue weighted by Gasteiger charge is 2.24. The van der Waals surface area contributed by atoms with Gasteiger partial charge in [-0.05, 0) is 43.3 Å². The average molecular weight is 385 g/mol. The number of fused-ring (bicyclic) bond motifs is 1. The highest BCUT2D eigenvalue weighted by molar-refractivity contribution is 6.18. The van der Waals surface area contributed by atoms with Crippen molar-refractivity contribution in [1.82, 2.24) is 0 Å². The van der Waals surface area contributed by atoms with Gasteiger partial charge in [-0.3, -0.25) is 9.59 Å². The Hall–Kier alpha value is -3.86. The van der Waals surface area contributed by atoms with Crippen molar-refractivity contribution in [2.45, 2.75) is 6.92 Å². The maximum atomic E-state index is 13.2. The molecule has 0 spiro atoms. The zero-order valence-corrected chi connectivity index (χ0v) is 16.1. The van der Waals surface area contributed by atoms with Crippen LogP contribution in [0.4, 0.5) is 5.69 Å². The van der Waals surface area contributed by atoms with E-state index in [2.05, 4.69) is 5.32 Å². The number of para-hydroxylation sites is 1.